The number of primary amides is 1. The fourth-order valence-electron chi connectivity index (χ4n) is 1.25. The number of hydrogen-bond acceptors (Lipinski definition) is 4. The van der Waals surface area contributed by atoms with Crippen LogP contribution in [0.4, 0.5) is 5.69 Å². The van der Waals surface area contributed by atoms with Crippen molar-refractivity contribution in [3.63, 3.8) is 0 Å². The Labute approximate surface area is 98.9 Å². The molecule has 17 heavy (non-hydrogen) atoms. The van der Waals surface area contributed by atoms with Crippen molar-refractivity contribution in [2.45, 2.75) is 12.8 Å². The number of amides is 2. The van der Waals surface area contributed by atoms with Crippen LogP contribution in [-0.4, -0.2) is 18.4 Å². The van der Waals surface area contributed by atoms with Crippen LogP contribution in [0.25, 0.3) is 0 Å². The molecular weight excluding hydrogens is 222 g/mol. The van der Waals surface area contributed by atoms with E-state index in [9.17, 15) is 9.59 Å². The summed E-state index contributed by atoms with van der Waals surface area (Å²) in [4.78, 5) is 26.2. The van der Waals surface area contributed by atoms with E-state index in [-0.39, 0.29) is 18.9 Å². The first-order valence-corrected chi connectivity index (χ1v) is 5.12. The van der Waals surface area contributed by atoms with Gasteiger partial charge in [0.1, 0.15) is 0 Å². The normalized spacial score (nSPS) is 9.88. The molecule has 0 unspecified atom stereocenters. The molecule has 92 valence electrons. The van der Waals surface area contributed by atoms with Gasteiger partial charge in [0.2, 0.25) is 11.8 Å². The maximum Gasteiger partial charge on any atom is 0.246 e. The number of nitrogen functional groups attached to an aromatic ring is 1. The fourth-order valence-corrected chi connectivity index (χ4v) is 1.25. The van der Waals surface area contributed by atoms with E-state index in [4.69, 9.17) is 11.5 Å². The molecule has 1 aromatic rings. The lowest BCUT2D eigenvalue weighted by molar-refractivity contribution is -0.137. The van der Waals surface area contributed by atoms with Crippen molar-refractivity contribution in [1.29, 1.82) is 0 Å². The zero-order chi connectivity index (χ0) is 12.7. The van der Waals surface area contributed by atoms with Crippen LogP contribution in [0.2, 0.25) is 0 Å². The Hall–Kier alpha value is -2.08. The second-order valence-corrected chi connectivity index (χ2v) is 3.48. The summed E-state index contributed by atoms with van der Waals surface area (Å²) in [5.41, 5.74) is 14.2. The fraction of sp³-hybridized carbons (Fsp3) is 0.273. The average Bonchev–Trinajstić information content (AvgIpc) is 2.27. The topological polar surface area (TPSA) is 107 Å². The van der Waals surface area contributed by atoms with Gasteiger partial charge in [0.25, 0.3) is 0 Å². The highest BCUT2D eigenvalue weighted by molar-refractivity contribution is 5.77. The number of carbonyl (C=O) groups excluding carboxylic acids is 2. The zero-order valence-electron chi connectivity index (χ0n) is 9.31. The monoisotopic (exact) mass is 237 g/mol. The van der Waals surface area contributed by atoms with Crippen molar-refractivity contribution in [3.8, 4) is 0 Å². The first-order chi connectivity index (χ1) is 8.09. The maximum atomic E-state index is 11.3. The van der Waals surface area contributed by atoms with Gasteiger partial charge in [-0.25, -0.2) is 5.48 Å². The molecule has 0 aliphatic heterocycles. The molecule has 5 N–H and O–H groups in total. The lowest BCUT2D eigenvalue weighted by atomic mass is 10.1. The maximum absolute atomic E-state index is 11.3. The largest absolute Gasteiger partial charge is 0.399 e. The highest BCUT2D eigenvalue weighted by atomic mass is 16.7. The molecule has 0 saturated heterocycles. The third kappa shape index (κ3) is 4.98. The molecule has 2 amide bonds. The van der Waals surface area contributed by atoms with E-state index in [0.717, 1.165) is 5.56 Å². The van der Waals surface area contributed by atoms with Gasteiger partial charge in [0.15, 0.2) is 6.61 Å². The first-order valence-electron chi connectivity index (χ1n) is 5.12. The Kier molecular flexibility index (Phi) is 4.96. The quantitative estimate of drug-likeness (QED) is 0.467. The van der Waals surface area contributed by atoms with Crippen LogP contribution < -0.4 is 16.9 Å². The van der Waals surface area contributed by atoms with Crippen molar-refractivity contribution in [1.82, 2.24) is 5.48 Å². The number of nitrogens with one attached hydrogen (secondary N) is 1. The van der Waals surface area contributed by atoms with Crippen LogP contribution in [0, 0.1) is 0 Å². The van der Waals surface area contributed by atoms with Crippen LogP contribution >= 0.6 is 0 Å². The van der Waals surface area contributed by atoms with Gasteiger partial charge < -0.3 is 11.5 Å². The Morgan fingerprint density at radius 1 is 1.29 bits per heavy atom. The Balaban J connectivity index is 2.29. The molecule has 6 nitrogen and oxygen atoms in total. The molecule has 0 fully saturated rings. The van der Waals surface area contributed by atoms with Crippen molar-refractivity contribution >= 4 is 17.5 Å². The van der Waals surface area contributed by atoms with Gasteiger partial charge >= 0.3 is 0 Å². The Morgan fingerprint density at radius 2 is 2.00 bits per heavy atom. The number of carbonyl (C=O) groups is 2. The van der Waals surface area contributed by atoms with Crippen LogP contribution in [0.5, 0.6) is 0 Å². The number of anilines is 1. The van der Waals surface area contributed by atoms with Gasteiger partial charge in [0, 0.05) is 12.1 Å². The number of nitrogens with two attached hydrogens (primary N) is 2. The van der Waals surface area contributed by atoms with Gasteiger partial charge in [-0.15, -0.1) is 0 Å². The second-order valence-electron chi connectivity index (χ2n) is 3.48. The summed E-state index contributed by atoms with van der Waals surface area (Å²) < 4.78 is 0. The van der Waals surface area contributed by atoms with Crippen molar-refractivity contribution in [2.75, 3.05) is 12.3 Å². The van der Waals surface area contributed by atoms with Crippen molar-refractivity contribution in [3.05, 3.63) is 29.8 Å². The highest BCUT2D eigenvalue weighted by Crippen LogP contribution is 2.12. The van der Waals surface area contributed by atoms with E-state index in [2.05, 4.69) is 10.3 Å². The summed E-state index contributed by atoms with van der Waals surface area (Å²) in [6.07, 6.45) is 0.741. The number of hydrogen-bond donors (Lipinski definition) is 3. The van der Waals surface area contributed by atoms with Gasteiger partial charge in [0.05, 0.1) is 0 Å². The predicted octanol–water partition coefficient (Wildman–Crippen LogP) is -0.265. The lowest BCUT2D eigenvalue weighted by Gasteiger charge is -2.06. The Morgan fingerprint density at radius 3 is 2.65 bits per heavy atom. The SMILES string of the molecule is NC(=O)CONC(=O)CCc1ccccc1N. The van der Waals surface area contributed by atoms with Crippen LogP contribution in [0.1, 0.15) is 12.0 Å². The average molecular weight is 237 g/mol. The third-order valence-corrected chi connectivity index (χ3v) is 2.08. The molecule has 0 aliphatic carbocycles. The number of benzene rings is 1. The van der Waals surface area contributed by atoms with E-state index in [1.165, 1.54) is 0 Å². The minimum atomic E-state index is -0.641. The molecule has 0 bridgehead atoms. The molecule has 0 aromatic heterocycles. The number of para-hydroxylation sites is 1. The molecule has 1 aromatic carbocycles. The molecule has 1 rings (SSSR count). The number of hydroxylamine groups is 1. The molecular formula is C11H15N3O3. The standard InChI is InChI=1S/C11H15N3O3/c12-9-4-2-1-3-8(9)5-6-11(16)14-17-7-10(13)15/h1-4H,5-7,12H2,(H2,13,15)(H,14,16). The minimum absolute atomic E-state index is 0.229. The lowest BCUT2D eigenvalue weighted by Crippen LogP contribution is -2.29. The zero-order valence-corrected chi connectivity index (χ0v) is 9.31. The molecule has 0 spiro atoms. The number of rotatable bonds is 6. The smallest absolute Gasteiger partial charge is 0.246 e. The van der Waals surface area contributed by atoms with Gasteiger partial charge in [-0.1, -0.05) is 18.2 Å². The summed E-state index contributed by atoms with van der Waals surface area (Å²) in [5, 5.41) is 0. The minimum Gasteiger partial charge on any atom is -0.399 e. The molecule has 0 aliphatic rings. The third-order valence-electron chi connectivity index (χ3n) is 2.08. The molecule has 0 heterocycles. The predicted molar refractivity (Wildman–Crippen MR) is 62.5 cm³/mol. The summed E-state index contributed by atoms with van der Waals surface area (Å²) >= 11 is 0. The molecule has 0 saturated carbocycles. The highest BCUT2D eigenvalue weighted by Gasteiger charge is 2.04. The molecule has 0 radical (unpaired) electrons. The van der Waals surface area contributed by atoms with Crippen molar-refractivity contribution < 1.29 is 14.4 Å². The van der Waals surface area contributed by atoms with Crippen molar-refractivity contribution in [2.24, 2.45) is 5.73 Å². The van der Waals surface area contributed by atoms with E-state index >= 15 is 0 Å². The summed E-state index contributed by atoms with van der Waals surface area (Å²) in [6.45, 7) is -0.334. The van der Waals surface area contributed by atoms with Crippen LogP contribution in [-0.2, 0) is 20.8 Å². The van der Waals surface area contributed by atoms with Gasteiger partial charge in [-0.05, 0) is 18.1 Å². The molecule has 0 atom stereocenters. The summed E-state index contributed by atoms with van der Waals surface area (Å²) in [5.74, 6) is -0.966. The summed E-state index contributed by atoms with van der Waals surface area (Å²) in [7, 11) is 0. The summed E-state index contributed by atoms with van der Waals surface area (Å²) in [6, 6.07) is 7.31. The van der Waals surface area contributed by atoms with E-state index < -0.39 is 5.91 Å². The van der Waals surface area contributed by atoms with Gasteiger partial charge in [-0.3, -0.25) is 14.4 Å². The van der Waals surface area contributed by atoms with E-state index in [1.54, 1.807) is 6.07 Å². The molecule has 6 heteroatoms. The van der Waals surface area contributed by atoms with E-state index in [0.29, 0.717) is 12.1 Å². The van der Waals surface area contributed by atoms with Crippen LogP contribution in [0.15, 0.2) is 24.3 Å². The van der Waals surface area contributed by atoms with Crippen LogP contribution in [0.3, 0.4) is 0 Å². The van der Waals surface area contributed by atoms with E-state index in [1.807, 2.05) is 18.2 Å². The van der Waals surface area contributed by atoms with Gasteiger partial charge in [-0.2, -0.15) is 0 Å². The Bertz CT molecular complexity index is 407. The first kappa shape index (κ1) is 13.0. The number of aryl methyl sites for hydroxylation is 1. The second kappa shape index (κ2) is 6.49.